The fourth-order valence-electron chi connectivity index (χ4n) is 3.65. The molecular weight excluding hydrogens is 392 g/mol. The molecule has 3 nitrogen and oxygen atoms in total. The molecule has 0 aromatic heterocycles. The molecule has 0 bridgehead atoms. The third kappa shape index (κ3) is 5.79. The Labute approximate surface area is 189 Å². The number of aliphatic imine (C=N–C) groups is 1. The number of amides is 1. The van der Waals surface area contributed by atoms with Crippen molar-refractivity contribution < 1.29 is 4.79 Å². The van der Waals surface area contributed by atoms with Crippen LogP contribution in [0.2, 0.25) is 0 Å². The van der Waals surface area contributed by atoms with Crippen LogP contribution in [0.25, 0.3) is 0 Å². The SMILES string of the molecule is O=C(NC(c1ccccc1)c1ccccc1)[C@@H](Cc1ccccc1)N=Cc1ccccc1. The van der Waals surface area contributed by atoms with Crippen LogP contribution in [0.1, 0.15) is 28.3 Å². The monoisotopic (exact) mass is 418 g/mol. The third-order valence-corrected chi connectivity index (χ3v) is 5.33. The van der Waals surface area contributed by atoms with Crippen LogP contribution in [-0.4, -0.2) is 18.2 Å². The van der Waals surface area contributed by atoms with Gasteiger partial charge in [0.05, 0.1) is 6.04 Å². The molecule has 1 amide bonds. The standard InChI is InChI=1S/C29H26N2O/c32-29(31-28(25-17-9-3-10-18-25)26-19-11-4-12-20-26)27(21-23-13-5-1-6-14-23)30-22-24-15-7-2-8-16-24/h1-20,22,27-28H,21H2,(H,31,32)/t27-/m1/s1. The molecule has 0 spiro atoms. The Morgan fingerprint density at radius 3 is 1.69 bits per heavy atom. The summed E-state index contributed by atoms with van der Waals surface area (Å²) in [6.45, 7) is 0. The second-order valence-electron chi connectivity index (χ2n) is 7.66. The van der Waals surface area contributed by atoms with Crippen molar-refractivity contribution in [1.29, 1.82) is 0 Å². The summed E-state index contributed by atoms with van der Waals surface area (Å²) in [5.41, 5.74) is 4.13. The summed E-state index contributed by atoms with van der Waals surface area (Å²) in [5.74, 6) is -0.0984. The maximum absolute atomic E-state index is 13.5. The van der Waals surface area contributed by atoms with E-state index in [1.54, 1.807) is 6.21 Å². The highest BCUT2D eigenvalue weighted by molar-refractivity contribution is 5.87. The van der Waals surface area contributed by atoms with Crippen LogP contribution in [0, 0.1) is 0 Å². The van der Waals surface area contributed by atoms with E-state index in [-0.39, 0.29) is 11.9 Å². The van der Waals surface area contributed by atoms with Crippen molar-refractivity contribution in [2.45, 2.75) is 18.5 Å². The molecule has 0 aliphatic carbocycles. The van der Waals surface area contributed by atoms with Gasteiger partial charge in [0.1, 0.15) is 6.04 Å². The van der Waals surface area contributed by atoms with Crippen molar-refractivity contribution in [3.05, 3.63) is 144 Å². The number of rotatable bonds is 8. The first-order valence-corrected chi connectivity index (χ1v) is 10.8. The van der Waals surface area contributed by atoms with Crippen LogP contribution in [0.4, 0.5) is 0 Å². The van der Waals surface area contributed by atoms with E-state index in [0.717, 1.165) is 22.3 Å². The second-order valence-corrected chi connectivity index (χ2v) is 7.66. The molecule has 1 atom stereocenters. The Bertz CT molecular complexity index is 1090. The highest BCUT2D eigenvalue weighted by Crippen LogP contribution is 2.22. The van der Waals surface area contributed by atoms with Crippen molar-refractivity contribution >= 4 is 12.1 Å². The third-order valence-electron chi connectivity index (χ3n) is 5.33. The summed E-state index contributed by atoms with van der Waals surface area (Å²) in [6, 6.07) is 39.2. The Hall–Kier alpha value is -3.98. The summed E-state index contributed by atoms with van der Waals surface area (Å²) >= 11 is 0. The van der Waals surface area contributed by atoms with Crippen LogP contribution in [-0.2, 0) is 11.2 Å². The Morgan fingerprint density at radius 1 is 0.688 bits per heavy atom. The number of carbonyl (C=O) groups excluding carboxylic acids is 1. The smallest absolute Gasteiger partial charge is 0.245 e. The van der Waals surface area contributed by atoms with E-state index in [1.807, 2.05) is 121 Å². The number of nitrogens with zero attached hydrogens (tertiary/aromatic N) is 1. The predicted octanol–water partition coefficient (Wildman–Crippen LogP) is 5.62. The molecule has 0 saturated carbocycles. The van der Waals surface area contributed by atoms with E-state index in [2.05, 4.69) is 5.32 Å². The average molecular weight is 419 g/mol. The van der Waals surface area contributed by atoms with Gasteiger partial charge in [-0.3, -0.25) is 9.79 Å². The van der Waals surface area contributed by atoms with E-state index >= 15 is 0 Å². The van der Waals surface area contributed by atoms with E-state index in [0.29, 0.717) is 6.42 Å². The van der Waals surface area contributed by atoms with Gasteiger partial charge in [-0.1, -0.05) is 121 Å². The van der Waals surface area contributed by atoms with Gasteiger partial charge in [-0.25, -0.2) is 0 Å². The fraction of sp³-hybridized carbons (Fsp3) is 0.103. The molecule has 0 heterocycles. The van der Waals surface area contributed by atoms with Gasteiger partial charge in [-0.05, 0) is 22.3 Å². The van der Waals surface area contributed by atoms with E-state index in [4.69, 9.17) is 4.99 Å². The Balaban J connectivity index is 1.61. The molecule has 1 N–H and O–H groups in total. The molecule has 4 rings (SSSR count). The molecule has 158 valence electrons. The quantitative estimate of drug-likeness (QED) is 0.371. The van der Waals surface area contributed by atoms with Gasteiger partial charge < -0.3 is 5.32 Å². The van der Waals surface area contributed by atoms with Crippen molar-refractivity contribution in [3.63, 3.8) is 0 Å². The second kappa shape index (κ2) is 10.9. The highest BCUT2D eigenvalue weighted by atomic mass is 16.2. The van der Waals surface area contributed by atoms with Gasteiger partial charge in [-0.15, -0.1) is 0 Å². The summed E-state index contributed by atoms with van der Waals surface area (Å²) in [6.07, 6.45) is 2.32. The first kappa shape index (κ1) is 21.3. The van der Waals surface area contributed by atoms with E-state index in [1.165, 1.54) is 0 Å². The summed E-state index contributed by atoms with van der Waals surface area (Å²) in [5, 5.41) is 3.25. The van der Waals surface area contributed by atoms with Crippen molar-refractivity contribution in [2.75, 3.05) is 0 Å². The molecule has 0 fully saturated rings. The molecule has 32 heavy (non-hydrogen) atoms. The van der Waals surface area contributed by atoms with E-state index < -0.39 is 6.04 Å². The fourth-order valence-corrected chi connectivity index (χ4v) is 3.65. The summed E-state index contributed by atoms with van der Waals surface area (Å²) < 4.78 is 0. The Kier molecular flexibility index (Phi) is 7.22. The first-order valence-electron chi connectivity index (χ1n) is 10.8. The minimum atomic E-state index is -0.535. The summed E-state index contributed by atoms with van der Waals surface area (Å²) in [7, 11) is 0. The van der Waals surface area contributed by atoms with Gasteiger partial charge in [0.15, 0.2) is 0 Å². The molecule has 0 unspecified atom stereocenters. The molecule has 0 radical (unpaired) electrons. The Morgan fingerprint density at radius 2 is 1.16 bits per heavy atom. The van der Waals surface area contributed by atoms with Gasteiger partial charge in [0.25, 0.3) is 0 Å². The minimum absolute atomic E-state index is 0.0984. The minimum Gasteiger partial charge on any atom is -0.343 e. The predicted molar refractivity (Wildman–Crippen MR) is 131 cm³/mol. The molecular formula is C29H26N2O. The molecule has 4 aromatic carbocycles. The lowest BCUT2D eigenvalue weighted by Crippen LogP contribution is -2.38. The molecule has 4 aromatic rings. The number of hydrogen-bond acceptors (Lipinski definition) is 2. The normalized spacial score (nSPS) is 12.0. The average Bonchev–Trinajstić information content (AvgIpc) is 2.87. The molecule has 0 aliphatic heterocycles. The van der Waals surface area contributed by atoms with Crippen LogP contribution in [0.15, 0.2) is 126 Å². The lowest BCUT2D eigenvalue weighted by Gasteiger charge is -2.22. The maximum Gasteiger partial charge on any atom is 0.245 e. The van der Waals surface area contributed by atoms with Crippen LogP contribution in [0.3, 0.4) is 0 Å². The first-order chi connectivity index (χ1) is 15.8. The topological polar surface area (TPSA) is 41.5 Å². The van der Waals surface area contributed by atoms with Gasteiger partial charge in [0, 0.05) is 12.6 Å². The zero-order chi connectivity index (χ0) is 22.0. The zero-order valence-electron chi connectivity index (χ0n) is 17.8. The highest BCUT2D eigenvalue weighted by Gasteiger charge is 2.23. The van der Waals surface area contributed by atoms with Crippen molar-refractivity contribution in [3.8, 4) is 0 Å². The largest absolute Gasteiger partial charge is 0.343 e. The summed E-state index contributed by atoms with van der Waals surface area (Å²) in [4.78, 5) is 18.2. The zero-order valence-corrected chi connectivity index (χ0v) is 17.8. The number of benzene rings is 4. The molecule has 0 saturated heterocycles. The molecule has 0 aliphatic rings. The number of nitrogens with one attached hydrogen (secondary N) is 1. The number of hydrogen-bond donors (Lipinski definition) is 1. The van der Waals surface area contributed by atoms with Crippen molar-refractivity contribution in [2.24, 2.45) is 4.99 Å². The molecule has 3 heteroatoms. The maximum atomic E-state index is 13.5. The number of carbonyl (C=O) groups is 1. The lowest BCUT2D eigenvalue weighted by atomic mass is 9.97. The van der Waals surface area contributed by atoms with Crippen molar-refractivity contribution in [1.82, 2.24) is 5.32 Å². The van der Waals surface area contributed by atoms with Crippen LogP contribution in [0.5, 0.6) is 0 Å². The van der Waals surface area contributed by atoms with Gasteiger partial charge in [-0.2, -0.15) is 0 Å². The van der Waals surface area contributed by atoms with Crippen LogP contribution >= 0.6 is 0 Å². The van der Waals surface area contributed by atoms with E-state index in [9.17, 15) is 4.79 Å². The van der Waals surface area contributed by atoms with Gasteiger partial charge in [0.2, 0.25) is 5.91 Å². The lowest BCUT2D eigenvalue weighted by molar-refractivity contribution is -0.122. The van der Waals surface area contributed by atoms with Crippen LogP contribution < -0.4 is 5.32 Å². The van der Waals surface area contributed by atoms with Gasteiger partial charge >= 0.3 is 0 Å².